The molecule has 0 aliphatic rings. The lowest BCUT2D eigenvalue weighted by Gasteiger charge is -2.12. The molecule has 1 aromatic rings. The third kappa shape index (κ3) is 2.92. The van der Waals surface area contributed by atoms with Gasteiger partial charge in [0, 0.05) is 13.1 Å². The first kappa shape index (κ1) is 12.9. The van der Waals surface area contributed by atoms with Gasteiger partial charge in [0.25, 0.3) is 0 Å². The summed E-state index contributed by atoms with van der Waals surface area (Å²) < 4.78 is 32.8. The summed E-state index contributed by atoms with van der Waals surface area (Å²) in [7, 11) is 2.62. The standard InChI is InChI=1S/C9H11F2N3O3/c1-13-7-6(12)5(17-9(10)11)3-4(14-7)8(15)16-2/h3,9H,12H2,1-2H3,(H,13,14). The highest BCUT2D eigenvalue weighted by Gasteiger charge is 2.17. The number of carbonyl (C=O) groups is 1. The largest absolute Gasteiger partial charge is 0.464 e. The predicted octanol–water partition coefficient (Wildman–Crippen LogP) is 1.09. The lowest BCUT2D eigenvalue weighted by Crippen LogP contribution is -2.12. The van der Waals surface area contributed by atoms with Gasteiger partial charge in [0.2, 0.25) is 0 Å². The van der Waals surface area contributed by atoms with Crippen molar-refractivity contribution in [1.82, 2.24) is 4.98 Å². The Kier molecular flexibility index (Phi) is 4.02. The van der Waals surface area contributed by atoms with E-state index >= 15 is 0 Å². The van der Waals surface area contributed by atoms with Crippen molar-refractivity contribution in [2.75, 3.05) is 25.2 Å². The number of hydrogen-bond donors (Lipinski definition) is 2. The molecule has 0 radical (unpaired) electrons. The van der Waals surface area contributed by atoms with Gasteiger partial charge in [0.1, 0.15) is 5.69 Å². The fourth-order valence-corrected chi connectivity index (χ4v) is 1.12. The molecule has 1 aromatic heterocycles. The van der Waals surface area contributed by atoms with E-state index in [-0.39, 0.29) is 22.9 Å². The average molecular weight is 247 g/mol. The Hall–Kier alpha value is -2.12. The van der Waals surface area contributed by atoms with Gasteiger partial charge < -0.3 is 20.5 Å². The number of nitrogens with two attached hydrogens (primary N) is 1. The second-order valence-electron chi connectivity index (χ2n) is 2.89. The Morgan fingerprint density at radius 1 is 1.59 bits per heavy atom. The van der Waals surface area contributed by atoms with E-state index in [2.05, 4.69) is 19.8 Å². The zero-order valence-corrected chi connectivity index (χ0v) is 9.16. The van der Waals surface area contributed by atoms with Crippen LogP contribution in [0.25, 0.3) is 0 Å². The van der Waals surface area contributed by atoms with Gasteiger partial charge in [-0.2, -0.15) is 8.78 Å². The van der Waals surface area contributed by atoms with Crippen molar-refractivity contribution in [1.29, 1.82) is 0 Å². The first-order valence-corrected chi connectivity index (χ1v) is 4.51. The molecule has 0 fully saturated rings. The van der Waals surface area contributed by atoms with Crippen LogP contribution in [0.2, 0.25) is 0 Å². The molecule has 0 aliphatic heterocycles. The molecule has 8 heteroatoms. The Bertz CT molecular complexity index is 426. The number of aromatic nitrogens is 1. The van der Waals surface area contributed by atoms with Crippen molar-refractivity contribution < 1.29 is 23.0 Å². The zero-order chi connectivity index (χ0) is 13.0. The van der Waals surface area contributed by atoms with Crippen LogP contribution in [0, 0.1) is 0 Å². The van der Waals surface area contributed by atoms with E-state index in [4.69, 9.17) is 5.73 Å². The van der Waals surface area contributed by atoms with E-state index in [9.17, 15) is 13.6 Å². The molecular weight excluding hydrogens is 236 g/mol. The molecule has 94 valence electrons. The summed E-state index contributed by atoms with van der Waals surface area (Å²) in [5.74, 6) is -1.05. The van der Waals surface area contributed by atoms with Crippen molar-refractivity contribution >= 4 is 17.5 Å². The van der Waals surface area contributed by atoms with E-state index in [0.717, 1.165) is 13.2 Å². The number of ether oxygens (including phenoxy) is 2. The molecule has 0 amide bonds. The molecule has 0 saturated heterocycles. The Morgan fingerprint density at radius 2 is 2.24 bits per heavy atom. The molecule has 0 unspecified atom stereocenters. The smallest absolute Gasteiger partial charge is 0.387 e. The summed E-state index contributed by atoms with van der Waals surface area (Å²) in [6.45, 7) is -3.05. The number of hydrogen-bond acceptors (Lipinski definition) is 6. The molecule has 0 aliphatic carbocycles. The predicted molar refractivity (Wildman–Crippen MR) is 56.2 cm³/mol. The molecule has 0 aromatic carbocycles. The number of methoxy groups -OCH3 is 1. The van der Waals surface area contributed by atoms with Crippen LogP contribution in [-0.4, -0.2) is 31.7 Å². The number of alkyl halides is 2. The van der Waals surface area contributed by atoms with E-state index in [0.29, 0.717) is 0 Å². The van der Waals surface area contributed by atoms with Crippen LogP contribution >= 0.6 is 0 Å². The average Bonchev–Trinajstić information content (AvgIpc) is 2.30. The summed E-state index contributed by atoms with van der Waals surface area (Å²) in [5.41, 5.74) is 5.23. The van der Waals surface area contributed by atoms with Gasteiger partial charge in [0.05, 0.1) is 7.11 Å². The van der Waals surface area contributed by atoms with Gasteiger partial charge in [0.15, 0.2) is 17.3 Å². The lowest BCUT2D eigenvalue weighted by molar-refractivity contribution is -0.0494. The molecule has 0 saturated carbocycles. The van der Waals surface area contributed by atoms with E-state index in [1.807, 2.05) is 0 Å². The highest BCUT2D eigenvalue weighted by Crippen LogP contribution is 2.30. The monoisotopic (exact) mass is 247 g/mol. The third-order valence-electron chi connectivity index (χ3n) is 1.87. The van der Waals surface area contributed by atoms with Crippen LogP contribution in [-0.2, 0) is 4.74 Å². The number of carbonyl (C=O) groups excluding carboxylic acids is 1. The Morgan fingerprint density at radius 3 is 2.71 bits per heavy atom. The molecule has 17 heavy (non-hydrogen) atoms. The SMILES string of the molecule is CNc1nc(C(=O)OC)cc(OC(F)F)c1N. The minimum Gasteiger partial charge on any atom is -0.464 e. The van der Waals surface area contributed by atoms with Crippen molar-refractivity contribution in [3.63, 3.8) is 0 Å². The molecular formula is C9H11F2N3O3. The molecule has 6 nitrogen and oxygen atoms in total. The first-order chi connectivity index (χ1) is 7.99. The van der Waals surface area contributed by atoms with Crippen LogP contribution in [0.1, 0.15) is 10.5 Å². The van der Waals surface area contributed by atoms with Gasteiger partial charge in [-0.1, -0.05) is 0 Å². The maximum absolute atomic E-state index is 12.1. The number of nitrogens with one attached hydrogen (secondary N) is 1. The molecule has 1 rings (SSSR count). The highest BCUT2D eigenvalue weighted by molar-refractivity contribution is 5.90. The fourth-order valence-electron chi connectivity index (χ4n) is 1.12. The fraction of sp³-hybridized carbons (Fsp3) is 0.333. The number of halogens is 2. The zero-order valence-electron chi connectivity index (χ0n) is 9.16. The summed E-state index contributed by atoms with van der Waals surface area (Å²) in [6.07, 6.45) is 0. The number of pyridine rings is 1. The summed E-state index contributed by atoms with van der Waals surface area (Å²) >= 11 is 0. The van der Waals surface area contributed by atoms with E-state index in [1.54, 1.807) is 0 Å². The minimum absolute atomic E-state index is 0.0588. The number of esters is 1. The Balaban J connectivity index is 3.23. The van der Waals surface area contributed by atoms with Crippen molar-refractivity contribution in [3.05, 3.63) is 11.8 Å². The Labute approximate surface area is 95.7 Å². The van der Waals surface area contributed by atoms with Crippen LogP contribution in [0.4, 0.5) is 20.3 Å². The first-order valence-electron chi connectivity index (χ1n) is 4.51. The molecule has 1 heterocycles. The van der Waals surface area contributed by atoms with Gasteiger partial charge in [-0.25, -0.2) is 9.78 Å². The van der Waals surface area contributed by atoms with E-state index < -0.39 is 12.6 Å². The van der Waals surface area contributed by atoms with Gasteiger partial charge in [-0.3, -0.25) is 0 Å². The van der Waals surface area contributed by atoms with Crippen molar-refractivity contribution in [3.8, 4) is 5.75 Å². The minimum atomic E-state index is -3.05. The molecule has 0 bridgehead atoms. The summed E-state index contributed by atoms with van der Waals surface area (Å²) in [4.78, 5) is 15.0. The second-order valence-corrected chi connectivity index (χ2v) is 2.89. The van der Waals surface area contributed by atoms with Gasteiger partial charge in [-0.05, 0) is 0 Å². The van der Waals surface area contributed by atoms with Crippen LogP contribution in [0.3, 0.4) is 0 Å². The maximum atomic E-state index is 12.1. The maximum Gasteiger partial charge on any atom is 0.387 e. The van der Waals surface area contributed by atoms with Crippen molar-refractivity contribution in [2.24, 2.45) is 0 Å². The van der Waals surface area contributed by atoms with Crippen molar-refractivity contribution in [2.45, 2.75) is 6.61 Å². The van der Waals surface area contributed by atoms with Gasteiger partial charge in [-0.15, -0.1) is 0 Å². The lowest BCUT2D eigenvalue weighted by atomic mass is 10.3. The normalized spacial score (nSPS) is 10.2. The number of nitrogen functional groups attached to an aromatic ring is 1. The quantitative estimate of drug-likeness (QED) is 0.774. The van der Waals surface area contributed by atoms with Gasteiger partial charge >= 0.3 is 12.6 Å². The second kappa shape index (κ2) is 5.28. The summed E-state index contributed by atoms with van der Waals surface area (Å²) in [5, 5.41) is 2.56. The molecule has 0 spiro atoms. The third-order valence-corrected chi connectivity index (χ3v) is 1.87. The number of anilines is 2. The van der Waals surface area contributed by atoms with Crippen LogP contribution < -0.4 is 15.8 Å². The summed E-state index contributed by atoms with van der Waals surface area (Å²) in [6, 6.07) is 0.994. The van der Waals surface area contributed by atoms with Crippen LogP contribution in [0.5, 0.6) is 5.75 Å². The number of rotatable bonds is 4. The molecule has 0 atom stereocenters. The number of nitrogens with zero attached hydrogens (tertiary/aromatic N) is 1. The highest BCUT2D eigenvalue weighted by atomic mass is 19.3. The molecule has 3 N–H and O–H groups in total. The van der Waals surface area contributed by atoms with E-state index in [1.165, 1.54) is 7.05 Å². The topological polar surface area (TPSA) is 86.5 Å². The van der Waals surface area contributed by atoms with Crippen LogP contribution in [0.15, 0.2) is 6.07 Å².